The first-order valence-electron chi connectivity index (χ1n) is 8.16. The Morgan fingerprint density at radius 1 is 1.18 bits per heavy atom. The van der Waals surface area contributed by atoms with Crippen molar-refractivity contribution in [2.24, 2.45) is 0 Å². The lowest BCUT2D eigenvalue weighted by Crippen LogP contribution is -2.30. The van der Waals surface area contributed by atoms with E-state index in [4.69, 9.17) is 16.0 Å². The van der Waals surface area contributed by atoms with Gasteiger partial charge in [-0.25, -0.2) is 4.39 Å². The fraction of sp³-hybridized carbons (Fsp3) is 0.0526. The highest BCUT2D eigenvalue weighted by Crippen LogP contribution is 2.42. The number of amides is 1. The number of aromatic nitrogens is 2. The monoisotopic (exact) mass is 413 g/mol. The van der Waals surface area contributed by atoms with Crippen molar-refractivity contribution in [2.45, 2.75) is 6.04 Å². The summed E-state index contributed by atoms with van der Waals surface area (Å²) in [5.41, 5.74) is 1.47. The average molecular weight is 414 g/mol. The Bertz CT molecular complexity index is 1310. The molecule has 0 saturated heterocycles. The second-order valence-corrected chi connectivity index (χ2v) is 7.38. The maximum Gasteiger partial charge on any atom is 0.297 e. The van der Waals surface area contributed by atoms with Gasteiger partial charge in [0, 0.05) is 10.6 Å². The minimum atomic E-state index is -1.02. The van der Waals surface area contributed by atoms with Crippen molar-refractivity contribution in [2.75, 3.05) is 4.90 Å². The summed E-state index contributed by atoms with van der Waals surface area (Å²) in [6, 6.07) is 9.52. The van der Waals surface area contributed by atoms with Gasteiger partial charge >= 0.3 is 0 Å². The molecule has 28 heavy (non-hydrogen) atoms. The van der Waals surface area contributed by atoms with Gasteiger partial charge in [-0.3, -0.25) is 14.5 Å². The minimum Gasteiger partial charge on any atom is -0.450 e. The maximum atomic E-state index is 14.7. The zero-order chi connectivity index (χ0) is 19.4. The van der Waals surface area contributed by atoms with Crippen LogP contribution >= 0.6 is 22.9 Å². The molecule has 1 aliphatic rings. The molecule has 0 N–H and O–H groups in total. The molecule has 138 valence electrons. The van der Waals surface area contributed by atoms with E-state index in [1.54, 1.807) is 12.1 Å². The van der Waals surface area contributed by atoms with Gasteiger partial charge in [0.1, 0.15) is 23.0 Å². The third kappa shape index (κ3) is 2.38. The lowest BCUT2D eigenvalue weighted by molar-refractivity contribution is 0.0970. The number of rotatable bonds is 2. The molecule has 1 amide bonds. The van der Waals surface area contributed by atoms with E-state index in [9.17, 15) is 14.0 Å². The molecule has 0 radical (unpaired) electrons. The van der Waals surface area contributed by atoms with Crippen LogP contribution < -0.4 is 10.3 Å². The van der Waals surface area contributed by atoms with E-state index in [0.29, 0.717) is 5.02 Å². The van der Waals surface area contributed by atoms with Gasteiger partial charge < -0.3 is 4.42 Å². The quantitative estimate of drug-likeness (QED) is 0.492. The predicted molar refractivity (Wildman–Crippen MR) is 102 cm³/mol. The molecule has 1 atom stereocenters. The van der Waals surface area contributed by atoms with Crippen molar-refractivity contribution in [3.63, 3.8) is 0 Å². The topological polar surface area (TPSA) is 76.3 Å². The minimum absolute atomic E-state index is 0.0556. The van der Waals surface area contributed by atoms with Gasteiger partial charge in [0.25, 0.3) is 5.91 Å². The molecule has 1 aliphatic heterocycles. The number of halogens is 2. The highest BCUT2D eigenvalue weighted by Gasteiger charge is 2.45. The van der Waals surface area contributed by atoms with Gasteiger partial charge in [-0.05, 0) is 24.3 Å². The molecule has 5 rings (SSSR count). The summed E-state index contributed by atoms with van der Waals surface area (Å²) < 4.78 is 20.4. The van der Waals surface area contributed by atoms with Crippen molar-refractivity contribution in [1.82, 2.24) is 10.2 Å². The Kier molecular flexibility index (Phi) is 3.78. The average Bonchev–Trinajstić information content (AvgIpc) is 3.30. The SMILES string of the molecule is O=C1c2oc3ccc(Cl)cc3c(=O)c2C(c2ccccc2F)N1c1nncs1. The summed E-state index contributed by atoms with van der Waals surface area (Å²) >= 11 is 7.13. The van der Waals surface area contributed by atoms with Crippen LogP contribution in [-0.2, 0) is 0 Å². The standard InChI is InChI=1S/C19H9ClFN3O3S/c20-9-5-6-13-11(7-9)16(25)14-15(10-3-1-2-4-12(10)21)24(18(26)17(14)27-13)19-23-22-8-28-19/h1-8,15H. The van der Waals surface area contributed by atoms with Gasteiger partial charge in [0.05, 0.1) is 10.9 Å². The summed E-state index contributed by atoms with van der Waals surface area (Å²) in [4.78, 5) is 27.7. The van der Waals surface area contributed by atoms with Crippen molar-refractivity contribution >= 4 is 44.9 Å². The van der Waals surface area contributed by atoms with Crippen LogP contribution in [0.5, 0.6) is 0 Å². The molecule has 4 aromatic rings. The van der Waals surface area contributed by atoms with E-state index in [-0.39, 0.29) is 33.0 Å². The molecule has 9 heteroatoms. The first-order valence-corrected chi connectivity index (χ1v) is 9.42. The Morgan fingerprint density at radius 2 is 2.00 bits per heavy atom. The number of hydrogen-bond acceptors (Lipinski definition) is 6. The number of benzene rings is 2. The van der Waals surface area contributed by atoms with Crippen LogP contribution in [0.1, 0.15) is 27.7 Å². The van der Waals surface area contributed by atoms with Gasteiger partial charge in [0.2, 0.25) is 10.9 Å². The van der Waals surface area contributed by atoms with E-state index in [0.717, 1.165) is 11.3 Å². The summed E-state index contributed by atoms with van der Waals surface area (Å²) in [6.07, 6.45) is 0. The molecular formula is C19H9ClFN3O3S. The smallest absolute Gasteiger partial charge is 0.297 e. The summed E-state index contributed by atoms with van der Waals surface area (Å²) in [5, 5.41) is 8.51. The zero-order valence-corrected chi connectivity index (χ0v) is 15.5. The van der Waals surface area contributed by atoms with E-state index < -0.39 is 23.2 Å². The molecule has 1 unspecified atom stereocenters. The number of anilines is 1. The number of hydrogen-bond donors (Lipinski definition) is 0. The van der Waals surface area contributed by atoms with Crippen LogP contribution in [0.15, 0.2) is 57.2 Å². The molecule has 2 aromatic carbocycles. The largest absolute Gasteiger partial charge is 0.450 e. The van der Waals surface area contributed by atoms with Crippen molar-refractivity contribution in [3.8, 4) is 0 Å². The van der Waals surface area contributed by atoms with Crippen LogP contribution in [0, 0.1) is 5.82 Å². The maximum absolute atomic E-state index is 14.7. The van der Waals surface area contributed by atoms with Gasteiger partial charge in [-0.15, -0.1) is 10.2 Å². The lowest BCUT2D eigenvalue weighted by atomic mass is 9.98. The Morgan fingerprint density at radius 3 is 2.75 bits per heavy atom. The number of fused-ring (bicyclic) bond motifs is 2. The molecule has 2 aromatic heterocycles. The third-order valence-electron chi connectivity index (χ3n) is 4.59. The fourth-order valence-electron chi connectivity index (χ4n) is 3.41. The Balaban J connectivity index is 1.87. The Labute approximate surface area is 165 Å². The van der Waals surface area contributed by atoms with Crippen LogP contribution in [0.3, 0.4) is 0 Å². The number of nitrogens with zero attached hydrogens (tertiary/aromatic N) is 3. The van der Waals surface area contributed by atoms with Gasteiger partial charge in [-0.1, -0.05) is 41.1 Å². The molecular weight excluding hydrogens is 405 g/mol. The number of carbonyl (C=O) groups is 1. The normalized spacial score (nSPS) is 16.0. The summed E-state index contributed by atoms with van der Waals surface area (Å²) in [7, 11) is 0. The second kappa shape index (κ2) is 6.22. The van der Waals surface area contributed by atoms with Gasteiger partial charge in [-0.2, -0.15) is 0 Å². The summed E-state index contributed by atoms with van der Waals surface area (Å²) in [6.45, 7) is 0. The highest BCUT2D eigenvalue weighted by molar-refractivity contribution is 7.13. The first kappa shape index (κ1) is 17.0. The van der Waals surface area contributed by atoms with Crippen molar-refractivity contribution in [1.29, 1.82) is 0 Å². The Hall–Kier alpha value is -3.10. The molecule has 6 nitrogen and oxygen atoms in total. The van der Waals surface area contributed by atoms with Crippen LogP contribution in [0.25, 0.3) is 11.0 Å². The van der Waals surface area contributed by atoms with Crippen LogP contribution in [-0.4, -0.2) is 16.1 Å². The number of carbonyl (C=O) groups excluding carboxylic acids is 1. The van der Waals surface area contributed by atoms with Crippen molar-refractivity contribution < 1.29 is 13.6 Å². The van der Waals surface area contributed by atoms with Crippen molar-refractivity contribution in [3.05, 3.63) is 85.9 Å². The molecule has 0 saturated carbocycles. The van der Waals surface area contributed by atoms with E-state index in [1.807, 2.05) is 0 Å². The van der Waals surface area contributed by atoms with E-state index >= 15 is 0 Å². The fourth-order valence-corrected chi connectivity index (χ4v) is 4.16. The lowest BCUT2D eigenvalue weighted by Gasteiger charge is -2.22. The van der Waals surface area contributed by atoms with E-state index in [2.05, 4.69) is 10.2 Å². The van der Waals surface area contributed by atoms with Crippen LogP contribution in [0.2, 0.25) is 5.02 Å². The second-order valence-electron chi connectivity index (χ2n) is 6.13. The zero-order valence-electron chi connectivity index (χ0n) is 13.9. The first-order chi connectivity index (χ1) is 13.6. The predicted octanol–water partition coefficient (Wildman–Crippen LogP) is 4.19. The van der Waals surface area contributed by atoms with E-state index in [1.165, 1.54) is 40.7 Å². The highest BCUT2D eigenvalue weighted by atomic mass is 35.5. The summed E-state index contributed by atoms with van der Waals surface area (Å²) in [5.74, 6) is -1.26. The molecule has 0 fully saturated rings. The molecule has 3 heterocycles. The molecule has 0 spiro atoms. The third-order valence-corrected chi connectivity index (χ3v) is 5.51. The molecule has 0 bridgehead atoms. The van der Waals surface area contributed by atoms with Gasteiger partial charge in [0.15, 0.2) is 5.43 Å². The molecule has 0 aliphatic carbocycles. The van der Waals surface area contributed by atoms with Crippen LogP contribution in [0.4, 0.5) is 9.52 Å².